The maximum absolute atomic E-state index is 13.2. The van der Waals surface area contributed by atoms with Crippen LogP contribution in [0.2, 0.25) is 0 Å². The van der Waals surface area contributed by atoms with Crippen LogP contribution in [-0.4, -0.2) is 64.6 Å². The molecule has 0 saturated carbocycles. The molecule has 8 heteroatoms. The van der Waals surface area contributed by atoms with Crippen molar-refractivity contribution in [1.82, 2.24) is 14.8 Å². The summed E-state index contributed by atoms with van der Waals surface area (Å²) in [5.41, 5.74) is 0.797. The Hall–Kier alpha value is -1.74. The van der Waals surface area contributed by atoms with Crippen molar-refractivity contribution < 1.29 is 19.1 Å². The maximum atomic E-state index is 13.2. The molecule has 1 atom stereocenters. The molecule has 0 bridgehead atoms. The van der Waals surface area contributed by atoms with E-state index in [0.717, 1.165) is 37.0 Å². The van der Waals surface area contributed by atoms with Gasteiger partial charge >= 0.3 is 0 Å². The molecule has 1 fully saturated rings. The first kappa shape index (κ1) is 19.0. The summed E-state index contributed by atoms with van der Waals surface area (Å²) in [5, 5.41) is 19.6. The predicted octanol–water partition coefficient (Wildman–Crippen LogP) is 0.638. The van der Waals surface area contributed by atoms with Crippen LogP contribution in [0, 0.1) is 5.82 Å². The number of morpholine rings is 1. The van der Waals surface area contributed by atoms with E-state index in [2.05, 4.69) is 16.8 Å². The van der Waals surface area contributed by atoms with Crippen LogP contribution < -0.4 is 4.90 Å². The van der Waals surface area contributed by atoms with Gasteiger partial charge in [-0.15, -0.1) is 16.8 Å². The van der Waals surface area contributed by atoms with Gasteiger partial charge in [0.05, 0.1) is 13.2 Å². The van der Waals surface area contributed by atoms with Gasteiger partial charge in [0.25, 0.3) is 0 Å². The van der Waals surface area contributed by atoms with Crippen LogP contribution in [0.15, 0.2) is 42.1 Å². The number of aromatic nitrogens is 3. The fourth-order valence-electron chi connectivity index (χ4n) is 2.93. The van der Waals surface area contributed by atoms with E-state index >= 15 is 0 Å². The molecule has 1 saturated heterocycles. The lowest BCUT2D eigenvalue weighted by atomic mass is 10.2. The Kier molecular flexibility index (Phi) is 6.79. The molecule has 2 heterocycles. The third-order valence-corrected chi connectivity index (χ3v) is 5.37. The van der Waals surface area contributed by atoms with E-state index in [1.165, 1.54) is 28.8 Å². The molecule has 0 aliphatic carbocycles. The SMILES string of the molecule is C=CCn1c(SC[C@@H](O)C[NH+]2CCOCC2)nnc1-c1ccc(F)cc1. The number of thioether (sulfide) groups is 1. The number of halogens is 1. The Bertz CT molecular complexity index is 716. The molecule has 0 amide bonds. The van der Waals surface area contributed by atoms with Crippen molar-refractivity contribution in [2.45, 2.75) is 17.8 Å². The van der Waals surface area contributed by atoms with Gasteiger partial charge in [-0.1, -0.05) is 17.8 Å². The minimum absolute atomic E-state index is 0.285. The molecule has 0 spiro atoms. The van der Waals surface area contributed by atoms with E-state index in [0.29, 0.717) is 24.7 Å². The number of quaternary nitrogens is 1. The number of aliphatic hydroxyl groups is 1. The van der Waals surface area contributed by atoms with Crippen molar-refractivity contribution in [3.8, 4) is 11.4 Å². The molecule has 140 valence electrons. The molecule has 1 aromatic heterocycles. The summed E-state index contributed by atoms with van der Waals surface area (Å²) >= 11 is 1.48. The molecule has 0 unspecified atom stereocenters. The van der Waals surface area contributed by atoms with Crippen LogP contribution in [0.25, 0.3) is 11.4 Å². The monoisotopic (exact) mass is 379 g/mol. The first-order chi connectivity index (χ1) is 12.7. The van der Waals surface area contributed by atoms with Crippen LogP contribution in [0.4, 0.5) is 4.39 Å². The molecule has 1 aliphatic heterocycles. The lowest BCUT2D eigenvalue weighted by Crippen LogP contribution is -3.15. The van der Waals surface area contributed by atoms with Crippen LogP contribution in [-0.2, 0) is 11.3 Å². The smallest absolute Gasteiger partial charge is 0.191 e. The van der Waals surface area contributed by atoms with E-state index in [-0.39, 0.29) is 5.82 Å². The van der Waals surface area contributed by atoms with Crippen molar-refractivity contribution in [2.24, 2.45) is 0 Å². The largest absolute Gasteiger partial charge is 0.386 e. The summed E-state index contributed by atoms with van der Waals surface area (Å²) in [6.07, 6.45) is 1.35. The van der Waals surface area contributed by atoms with Crippen molar-refractivity contribution >= 4 is 11.8 Å². The van der Waals surface area contributed by atoms with Crippen molar-refractivity contribution in [1.29, 1.82) is 0 Å². The van der Waals surface area contributed by atoms with Gasteiger partial charge < -0.3 is 14.7 Å². The van der Waals surface area contributed by atoms with Crippen molar-refractivity contribution in [3.63, 3.8) is 0 Å². The Morgan fingerprint density at radius 2 is 2.04 bits per heavy atom. The van der Waals surface area contributed by atoms with E-state index in [9.17, 15) is 9.50 Å². The highest BCUT2D eigenvalue weighted by Crippen LogP contribution is 2.24. The molecule has 0 radical (unpaired) electrons. The summed E-state index contributed by atoms with van der Waals surface area (Å²) in [6.45, 7) is 8.42. The van der Waals surface area contributed by atoms with Crippen molar-refractivity contribution in [2.75, 3.05) is 38.6 Å². The zero-order chi connectivity index (χ0) is 18.4. The van der Waals surface area contributed by atoms with Gasteiger partial charge in [0, 0.05) is 17.9 Å². The van der Waals surface area contributed by atoms with Gasteiger partial charge in [0.15, 0.2) is 11.0 Å². The average molecular weight is 379 g/mol. The maximum Gasteiger partial charge on any atom is 0.191 e. The Balaban J connectivity index is 1.65. The number of benzene rings is 1. The fraction of sp³-hybridized carbons (Fsp3) is 0.444. The summed E-state index contributed by atoms with van der Waals surface area (Å²) in [5.74, 6) is 0.927. The topological polar surface area (TPSA) is 64.6 Å². The van der Waals surface area contributed by atoms with E-state index in [1.54, 1.807) is 18.2 Å². The molecule has 3 rings (SSSR count). The van der Waals surface area contributed by atoms with Crippen LogP contribution in [0.3, 0.4) is 0 Å². The van der Waals surface area contributed by atoms with Crippen LogP contribution in [0.1, 0.15) is 0 Å². The van der Waals surface area contributed by atoms with Gasteiger partial charge in [-0.25, -0.2) is 4.39 Å². The Labute approximate surface area is 156 Å². The second-order valence-electron chi connectivity index (χ2n) is 6.24. The average Bonchev–Trinajstić information content (AvgIpc) is 3.05. The zero-order valence-electron chi connectivity index (χ0n) is 14.6. The van der Waals surface area contributed by atoms with Gasteiger partial charge in [-0.3, -0.25) is 4.57 Å². The third-order valence-electron chi connectivity index (χ3n) is 4.26. The number of aliphatic hydroxyl groups excluding tert-OH is 1. The molecule has 26 heavy (non-hydrogen) atoms. The number of nitrogens with one attached hydrogen (secondary N) is 1. The third kappa shape index (κ3) is 4.91. The Morgan fingerprint density at radius 3 is 2.73 bits per heavy atom. The van der Waals surface area contributed by atoms with Crippen LogP contribution >= 0.6 is 11.8 Å². The minimum atomic E-state index is -0.420. The number of rotatable bonds is 8. The molecular formula is C18H24FN4O2S+. The number of hydrogen-bond acceptors (Lipinski definition) is 5. The molecule has 1 aromatic carbocycles. The fourth-order valence-corrected chi connectivity index (χ4v) is 3.80. The first-order valence-corrected chi connectivity index (χ1v) is 9.68. The molecule has 2 N–H and O–H groups in total. The summed E-state index contributed by atoms with van der Waals surface area (Å²) in [7, 11) is 0. The standard InChI is InChI=1S/C18H23FN4O2S/c1-2-7-23-17(14-3-5-15(19)6-4-14)20-21-18(23)26-13-16(24)12-22-8-10-25-11-9-22/h2-6,16,24H,1,7-13H2/p+1/t16-/m0/s1. The molecule has 6 nitrogen and oxygen atoms in total. The normalized spacial score (nSPS) is 16.5. The Morgan fingerprint density at radius 1 is 1.31 bits per heavy atom. The molecular weight excluding hydrogens is 355 g/mol. The van der Waals surface area contributed by atoms with Crippen molar-refractivity contribution in [3.05, 3.63) is 42.7 Å². The highest BCUT2D eigenvalue weighted by Gasteiger charge is 2.20. The van der Waals surface area contributed by atoms with Gasteiger partial charge in [-0.05, 0) is 24.3 Å². The number of ether oxygens (including phenoxy) is 1. The second kappa shape index (κ2) is 9.27. The lowest BCUT2D eigenvalue weighted by Gasteiger charge is -2.25. The van der Waals surface area contributed by atoms with E-state index in [1.807, 2.05) is 4.57 Å². The lowest BCUT2D eigenvalue weighted by molar-refractivity contribution is -0.910. The van der Waals surface area contributed by atoms with Gasteiger partial charge in [0.2, 0.25) is 0 Å². The summed E-state index contributed by atoms with van der Waals surface area (Å²) in [6, 6.07) is 6.18. The highest BCUT2D eigenvalue weighted by atomic mass is 32.2. The van der Waals surface area contributed by atoms with E-state index < -0.39 is 6.10 Å². The quantitative estimate of drug-likeness (QED) is 0.521. The molecule has 1 aliphatic rings. The summed E-state index contributed by atoms with van der Waals surface area (Å²) in [4.78, 5) is 1.36. The predicted molar refractivity (Wildman–Crippen MR) is 98.7 cm³/mol. The molecule has 2 aromatic rings. The minimum Gasteiger partial charge on any atom is -0.386 e. The first-order valence-electron chi connectivity index (χ1n) is 8.69. The van der Waals surface area contributed by atoms with E-state index in [4.69, 9.17) is 4.74 Å². The summed E-state index contributed by atoms with van der Waals surface area (Å²) < 4.78 is 20.4. The van der Waals surface area contributed by atoms with Gasteiger partial charge in [0.1, 0.15) is 31.6 Å². The number of nitrogens with zero attached hydrogens (tertiary/aromatic N) is 3. The second-order valence-corrected chi connectivity index (χ2v) is 7.23. The highest BCUT2D eigenvalue weighted by molar-refractivity contribution is 7.99. The zero-order valence-corrected chi connectivity index (χ0v) is 15.4. The number of hydrogen-bond donors (Lipinski definition) is 2. The number of allylic oxidation sites excluding steroid dienone is 1. The van der Waals surface area contributed by atoms with Crippen LogP contribution in [0.5, 0.6) is 0 Å². The van der Waals surface area contributed by atoms with Gasteiger partial charge in [-0.2, -0.15) is 0 Å².